The summed E-state index contributed by atoms with van der Waals surface area (Å²) in [4.78, 5) is 0.420. The molecule has 0 radical (unpaired) electrons. The number of benzene rings is 1. The van der Waals surface area contributed by atoms with E-state index < -0.39 is 10.0 Å². The zero-order valence-electron chi connectivity index (χ0n) is 12.1. The van der Waals surface area contributed by atoms with Crippen LogP contribution in [-0.2, 0) is 22.9 Å². The molecular weight excluding hydrogens is 308 g/mol. The van der Waals surface area contributed by atoms with Gasteiger partial charge in [0.2, 0.25) is 10.0 Å². The first-order valence-electron chi connectivity index (χ1n) is 7.50. The Labute approximate surface area is 133 Å². The predicted molar refractivity (Wildman–Crippen MR) is 86.5 cm³/mol. The number of piperidine rings is 1. The lowest BCUT2D eigenvalue weighted by atomic mass is 9.92. The first-order chi connectivity index (χ1) is 9.65. The van der Waals surface area contributed by atoms with E-state index in [2.05, 4.69) is 10.0 Å². The SMILES string of the molecule is Cl.O=S(=O)(NC1CCCNC1)c1ccc2c(c1)CCCC2. The molecule has 2 aliphatic rings. The van der Waals surface area contributed by atoms with Crippen LogP contribution in [0.2, 0.25) is 0 Å². The number of fused-ring (bicyclic) bond motifs is 1. The smallest absolute Gasteiger partial charge is 0.240 e. The minimum atomic E-state index is -3.38. The zero-order valence-corrected chi connectivity index (χ0v) is 13.7. The van der Waals surface area contributed by atoms with Gasteiger partial charge < -0.3 is 5.32 Å². The monoisotopic (exact) mass is 330 g/mol. The summed E-state index contributed by atoms with van der Waals surface area (Å²) in [5, 5.41) is 3.23. The van der Waals surface area contributed by atoms with Crippen LogP contribution < -0.4 is 10.0 Å². The summed E-state index contributed by atoms with van der Waals surface area (Å²) in [6.45, 7) is 1.71. The molecule has 3 rings (SSSR count). The zero-order chi connectivity index (χ0) is 14.0. The molecule has 1 aliphatic heterocycles. The van der Waals surface area contributed by atoms with Gasteiger partial charge in [-0.1, -0.05) is 6.07 Å². The van der Waals surface area contributed by atoms with Crippen molar-refractivity contribution in [3.05, 3.63) is 29.3 Å². The number of halogens is 1. The maximum atomic E-state index is 12.4. The van der Waals surface area contributed by atoms with Gasteiger partial charge in [-0.3, -0.25) is 0 Å². The van der Waals surface area contributed by atoms with E-state index in [0.717, 1.165) is 45.2 Å². The molecule has 0 spiro atoms. The molecule has 1 fully saturated rings. The second kappa shape index (κ2) is 7.09. The van der Waals surface area contributed by atoms with E-state index in [9.17, 15) is 8.42 Å². The van der Waals surface area contributed by atoms with Crippen molar-refractivity contribution in [2.75, 3.05) is 13.1 Å². The van der Waals surface area contributed by atoms with Gasteiger partial charge in [0.05, 0.1) is 4.90 Å². The minimum absolute atomic E-state index is 0. The quantitative estimate of drug-likeness (QED) is 0.891. The molecule has 0 amide bonds. The summed E-state index contributed by atoms with van der Waals surface area (Å²) in [5.74, 6) is 0. The van der Waals surface area contributed by atoms with Crippen LogP contribution in [0.25, 0.3) is 0 Å². The number of hydrogen-bond donors (Lipinski definition) is 2. The highest BCUT2D eigenvalue weighted by Crippen LogP contribution is 2.24. The van der Waals surface area contributed by atoms with Crippen LogP contribution >= 0.6 is 12.4 Å². The number of hydrogen-bond acceptors (Lipinski definition) is 3. The Bertz CT molecular complexity index is 583. The van der Waals surface area contributed by atoms with E-state index in [1.54, 1.807) is 6.07 Å². The van der Waals surface area contributed by atoms with Crippen LogP contribution in [0.1, 0.15) is 36.8 Å². The van der Waals surface area contributed by atoms with Crippen molar-refractivity contribution in [2.24, 2.45) is 0 Å². The second-order valence-electron chi connectivity index (χ2n) is 5.80. The minimum Gasteiger partial charge on any atom is -0.315 e. The number of sulfonamides is 1. The molecule has 4 nitrogen and oxygen atoms in total. The second-order valence-corrected chi connectivity index (χ2v) is 7.52. The van der Waals surface area contributed by atoms with Crippen LogP contribution in [-0.4, -0.2) is 27.5 Å². The number of nitrogens with one attached hydrogen (secondary N) is 2. The third-order valence-electron chi connectivity index (χ3n) is 4.25. The Morgan fingerprint density at radius 3 is 2.57 bits per heavy atom. The number of aryl methyl sites for hydroxylation is 2. The molecule has 1 aromatic carbocycles. The summed E-state index contributed by atoms with van der Waals surface area (Å²) in [7, 11) is -3.38. The molecule has 0 saturated carbocycles. The van der Waals surface area contributed by atoms with Crippen molar-refractivity contribution >= 4 is 22.4 Å². The fourth-order valence-electron chi connectivity index (χ4n) is 3.12. The van der Waals surface area contributed by atoms with Gasteiger partial charge in [-0.25, -0.2) is 13.1 Å². The topological polar surface area (TPSA) is 58.2 Å². The molecule has 0 aromatic heterocycles. The molecular formula is C15H23ClN2O2S. The molecule has 21 heavy (non-hydrogen) atoms. The van der Waals surface area contributed by atoms with Crippen molar-refractivity contribution in [3.8, 4) is 0 Å². The Balaban J connectivity index is 0.00000161. The average molecular weight is 331 g/mol. The van der Waals surface area contributed by atoms with Crippen molar-refractivity contribution in [3.63, 3.8) is 0 Å². The normalized spacial score (nSPS) is 22.2. The summed E-state index contributed by atoms with van der Waals surface area (Å²) >= 11 is 0. The van der Waals surface area contributed by atoms with Crippen molar-refractivity contribution in [1.82, 2.24) is 10.0 Å². The molecule has 1 heterocycles. The summed E-state index contributed by atoms with van der Waals surface area (Å²) in [6.07, 6.45) is 6.40. The van der Waals surface area contributed by atoms with E-state index in [1.807, 2.05) is 12.1 Å². The largest absolute Gasteiger partial charge is 0.315 e. The van der Waals surface area contributed by atoms with Crippen LogP contribution in [0.4, 0.5) is 0 Å². The van der Waals surface area contributed by atoms with E-state index in [-0.39, 0.29) is 18.4 Å². The van der Waals surface area contributed by atoms with Gasteiger partial charge in [0.1, 0.15) is 0 Å². The summed E-state index contributed by atoms with van der Waals surface area (Å²) in [6, 6.07) is 5.63. The van der Waals surface area contributed by atoms with E-state index in [4.69, 9.17) is 0 Å². The van der Waals surface area contributed by atoms with Gasteiger partial charge in [-0.05, 0) is 68.3 Å². The lowest BCUT2D eigenvalue weighted by molar-refractivity contribution is 0.428. The van der Waals surface area contributed by atoms with Crippen molar-refractivity contribution in [2.45, 2.75) is 49.5 Å². The maximum absolute atomic E-state index is 12.4. The highest BCUT2D eigenvalue weighted by Gasteiger charge is 2.22. The molecule has 1 atom stereocenters. The fourth-order valence-corrected chi connectivity index (χ4v) is 4.44. The molecule has 2 N–H and O–H groups in total. The van der Waals surface area contributed by atoms with E-state index >= 15 is 0 Å². The molecule has 1 saturated heterocycles. The third kappa shape index (κ3) is 3.97. The molecule has 0 bridgehead atoms. The van der Waals surface area contributed by atoms with E-state index in [0.29, 0.717) is 4.90 Å². The van der Waals surface area contributed by atoms with Gasteiger partial charge in [0.15, 0.2) is 0 Å². The van der Waals surface area contributed by atoms with Crippen LogP contribution in [0.3, 0.4) is 0 Å². The van der Waals surface area contributed by atoms with Crippen LogP contribution in [0.15, 0.2) is 23.1 Å². The average Bonchev–Trinajstić information content (AvgIpc) is 2.47. The van der Waals surface area contributed by atoms with Gasteiger partial charge >= 0.3 is 0 Å². The Hall–Kier alpha value is -0.620. The van der Waals surface area contributed by atoms with Crippen LogP contribution in [0, 0.1) is 0 Å². The molecule has 6 heteroatoms. The standard InChI is InChI=1S/C15H22N2O2S.ClH/c18-20(19,17-14-6-3-9-16-11-14)15-8-7-12-4-1-2-5-13(12)10-15;/h7-8,10,14,16-17H,1-6,9,11H2;1H. The lowest BCUT2D eigenvalue weighted by Gasteiger charge is -2.24. The maximum Gasteiger partial charge on any atom is 0.240 e. The predicted octanol–water partition coefficient (Wildman–Crippen LogP) is 2.02. The fraction of sp³-hybridized carbons (Fsp3) is 0.600. The van der Waals surface area contributed by atoms with Gasteiger partial charge in [-0.2, -0.15) is 0 Å². The first-order valence-corrected chi connectivity index (χ1v) is 8.98. The van der Waals surface area contributed by atoms with Gasteiger partial charge in [0.25, 0.3) is 0 Å². The third-order valence-corrected chi connectivity index (χ3v) is 5.77. The summed E-state index contributed by atoms with van der Waals surface area (Å²) < 4.78 is 27.7. The van der Waals surface area contributed by atoms with Crippen molar-refractivity contribution < 1.29 is 8.42 Å². The Kier molecular flexibility index (Phi) is 5.66. The summed E-state index contributed by atoms with van der Waals surface area (Å²) in [5.41, 5.74) is 2.52. The van der Waals surface area contributed by atoms with Gasteiger partial charge in [-0.15, -0.1) is 12.4 Å². The first kappa shape index (κ1) is 16.7. The van der Waals surface area contributed by atoms with Crippen LogP contribution in [0.5, 0.6) is 0 Å². The highest BCUT2D eigenvalue weighted by molar-refractivity contribution is 7.89. The Morgan fingerprint density at radius 1 is 1.10 bits per heavy atom. The van der Waals surface area contributed by atoms with E-state index in [1.165, 1.54) is 17.5 Å². The number of rotatable bonds is 3. The van der Waals surface area contributed by atoms with Crippen molar-refractivity contribution in [1.29, 1.82) is 0 Å². The lowest BCUT2D eigenvalue weighted by Crippen LogP contribution is -2.45. The molecule has 118 valence electrons. The highest BCUT2D eigenvalue weighted by atomic mass is 35.5. The molecule has 1 aromatic rings. The molecule has 1 aliphatic carbocycles. The van der Waals surface area contributed by atoms with Gasteiger partial charge in [0, 0.05) is 12.6 Å². The molecule has 1 unspecified atom stereocenters. The Morgan fingerprint density at radius 2 is 1.86 bits per heavy atom.